The van der Waals surface area contributed by atoms with Crippen molar-refractivity contribution < 1.29 is 28.7 Å². The van der Waals surface area contributed by atoms with Crippen molar-refractivity contribution in [3.05, 3.63) is 58.2 Å². The number of carbonyl (C=O) groups excluding carboxylic acids is 4. The van der Waals surface area contributed by atoms with Crippen LogP contribution in [-0.4, -0.2) is 137 Å². The van der Waals surface area contributed by atoms with Crippen molar-refractivity contribution >= 4 is 46.1 Å². The number of pyridine rings is 1. The van der Waals surface area contributed by atoms with Crippen molar-refractivity contribution in [2.24, 2.45) is 11.3 Å². The maximum absolute atomic E-state index is 14.6. The molecular formula is C47H65N9O6S. The molecule has 2 fully saturated rings. The third kappa shape index (κ3) is 9.64. The minimum Gasteiger partial charge on any atom is -0.464 e. The first kappa shape index (κ1) is 46.1. The molecule has 0 saturated carbocycles. The second kappa shape index (κ2) is 19.1. The van der Waals surface area contributed by atoms with Gasteiger partial charge in [-0.15, -0.1) is 11.3 Å². The summed E-state index contributed by atoms with van der Waals surface area (Å²) in [6.45, 7) is 14.7. The number of fused-ring (bicyclic) bond motifs is 6. The number of hydrazine groups is 1. The van der Waals surface area contributed by atoms with Crippen molar-refractivity contribution in [1.82, 2.24) is 45.0 Å². The number of hydrogen-bond acceptors (Lipinski definition) is 11. The van der Waals surface area contributed by atoms with E-state index in [0.29, 0.717) is 43.9 Å². The standard InChI is InChI=1S/C47H65N9O6S/c1-11-54-38-17-16-30-22-33(38)34(42(54)32-14-12-19-48-40(32)29(4)61-10)24-47(5,6)27-62-45(59)35-15-13-20-56(51-35)44(58)36(23-39-49-37(30)26-63-39)50-43(57)41(28(2)3)53(9)46(60)55-21-18-31(55)25-52(7)8/h12,14,16-17,19,22,26,28-29,31,35-36,41,51H,11,13,15,18,20-21,23-25,27H2,1-10H3,(H,50,57)/t29-,31-,35-,36-,41-/m0/s1. The van der Waals surface area contributed by atoms with Crippen LogP contribution in [0.2, 0.25) is 0 Å². The zero-order valence-corrected chi connectivity index (χ0v) is 39.4. The number of nitrogens with zero attached hydrogens (tertiary/aromatic N) is 7. The maximum atomic E-state index is 14.6. The lowest BCUT2D eigenvalue weighted by molar-refractivity contribution is -0.155. The minimum absolute atomic E-state index is 0.0730. The number of likely N-dealkylation sites (tertiary alicyclic amines) is 1. The number of hydrogen-bond donors (Lipinski definition) is 2. The Hall–Kier alpha value is -4.90. The van der Waals surface area contributed by atoms with Gasteiger partial charge in [0.1, 0.15) is 18.1 Å². The van der Waals surface area contributed by atoms with E-state index in [1.54, 1.807) is 20.4 Å². The summed E-state index contributed by atoms with van der Waals surface area (Å²) in [5, 5.41) is 8.23. The molecule has 4 amide bonds. The molecule has 2 saturated heterocycles. The SMILES string of the molecule is CCn1c(-c2cccnc2[C@H](C)OC)c2c3cc(ccc31)-c1csc(n1)C[C@H](NC(=O)[C@H](C(C)C)N(C)C(=O)N1CC[C@H]1CN(C)C)C(=O)N1CCC[C@H](N1)C(=O)OCC(C)(C)C2. The van der Waals surface area contributed by atoms with Gasteiger partial charge in [0.2, 0.25) is 5.91 Å². The first-order valence-electron chi connectivity index (χ1n) is 22.3. The number of nitrogens with one attached hydrogen (secondary N) is 2. The van der Waals surface area contributed by atoms with Crippen LogP contribution in [0, 0.1) is 11.3 Å². The van der Waals surface area contributed by atoms with Gasteiger partial charge < -0.3 is 34.1 Å². The summed E-state index contributed by atoms with van der Waals surface area (Å²) in [6, 6.07) is 7.69. The van der Waals surface area contributed by atoms with Crippen LogP contribution < -0.4 is 10.7 Å². The molecule has 3 aromatic heterocycles. The van der Waals surface area contributed by atoms with Crippen LogP contribution in [0.5, 0.6) is 0 Å². The third-order valence-corrected chi connectivity index (χ3v) is 13.6. The van der Waals surface area contributed by atoms with E-state index >= 15 is 0 Å². The van der Waals surface area contributed by atoms with Gasteiger partial charge in [0.15, 0.2) is 0 Å². The zero-order valence-electron chi connectivity index (χ0n) is 38.6. The number of urea groups is 1. The second-order valence-corrected chi connectivity index (χ2v) is 19.7. The maximum Gasteiger partial charge on any atom is 0.324 e. The highest BCUT2D eigenvalue weighted by molar-refractivity contribution is 7.10. The van der Waals surface area contributed by atoms with E-state index in [0.717, 1.165) is 57.6 Å². The van der Waals surface area contributed by atoms with E-state index in [1.165, 1.54) is 21.2 Å². The topological polar surface area (TPSA) is 154 Å². The molecule has 4 aromatic rings. The molecule has 6 heterocycles. The molecule has 63 heavy (non-hydrogen) atoms. The fourth-order valence-corrected chi connectivity index (χ4v) is 10.2. The molecule has 16 heteroatoms. The van der Waals surface area contributed by atoms with Gasteiger partial charge >= 0.3 is 12.0 Å². The smallest absolute Gasteiger partial charge is 0.324 e. The Balaban J connectivity index is 1.28. The van der Waals surface area contributed by atoms with Gasteiger partial charge in [-0.25, -0.2) is 15.2 Å². The van der Waals surface area contributed by atoms with Crippen molar-refractivity contribution in [3.8, 4) is 22.5 Å². The summed E-state index contributed by atoms with van der Waals surface area (Å²) in [5.74, 6) is -1.50. The van der Waals surface area contributed by atoms with Crippen molar-refractivity contribution in [1.29, 1.82) is 0 Å². The lowest BCUT2D eigenvalue weighted by Gasteiger charge is -2.45. The molecule has 0 radical (unpaired) electrons. The molecule has 2 N–H and O–H groups in total. The lowest BCUT2D eigenvalue weighted by Crippen LogP contribution is -2.64. The van der Waals surface area contributed by atoms with Crippen LogP contribution in [-0.2, 0) is 43.2 Å². The molecule has 1 aromatic carbocycles. The Labute approximate surface area is 375 Å². The van der Waals surface area contributed by atoms with E-state index in [4.69, 9.17) is 19.4 Å². The molecule has 3 aliphatic heterocycles. The van der Waals surface area contributed by atoms with Crippen molar-refractivity contribution in [3.63, 3.8) is 0 Å². The Morgan fingerprint density at radius 2 is 1.89 bits per heavy atom. The number of esters is 1. The van der Waals surface area contributed by atoms with Gasteiger partial charge in [-0.1, -0.05) is 33.8 Å². The molecular weight excluding hydrogens is 819 g/mol. The minimum atomic E-state index is -1.04. The van der Waals surface area contributed by atoms with E-state index in [2.05, 4.69) is 65.2 Å². The summed E-state index contributed by atoms with van der Waals surface area (Å²) in [4.78, 5) is 72.0. The Bertz CT molecular complexity index is 2320. The molecule has 0 spiro atoms. The number of benzene rings is 1. The highest BCUT2D eigenvalue weighted by Gasteiger charge is 2.41. The van der Waals surface area contributed by atoms with Crippen LogP contribution in [0.3, 0.4) is 0 Å². The predicted molar refractivity (Wildman–Crippen MR) is 245 cm³/mol. The van der Waals surface area contributed by atoms with E-state index in [-0.39, 0.29) is 43.0 Å². The normalized spacial score (nSPS) is 21.5. The van der Waals surface area contributed by atoms with Crippen LogP contribution in [0.1, 0.15) is 83.2 Å². The highest BCUT2D eigenvalue weighted by Crippen LogP contribution is 2.42. The number of carbonyl (C=O) groups is 4. The van der Waals surface area contributed by atoms with E-state index in [9.17, 15) is 19.2 Å². The van der Waals surface area contributed by atoms with Gasteiger partial charge in [-0.3, -0.25) is 24.4 Å². The summed E-state index contributed by atoms with van der Waals surface area (Å²) < 4.78 is 14.2. The van der Waals surface area contributed by atoms with Gasteiger partial charge in [0, 0.05) is 91.8 Å². The zero-order chi connectivity index (χ0) is 45.3. The molecule has 7 rings (SSSR count). The molecule has 340 valence electrons. The molecule has 6 bridgehead atoms. The quantitative estimate of drug-likeness (QED) is 0.184. The number of thiazole rings is 1. The van der Waals surface area contributed by atoms with Crippen LogP contribution in [0.15, 0.2) is 41.9 Å². The molecule has 0 unspecified atom stereocenters. The number of amides is 4. The third-order valence-electron chi connectivity index (χ3n) is 12.7. The van der Waals surface area contributed by atoms with Gasteiger partial charge in [-0.05, 0) is 89.4 Å². The summed E-state index contributed by atoms with van der Waals surface area (Å²) in [7, 11) is 7.32. The fraction of sp³-hybridized carbons (Fsp3) is 0.574. The monoisotopic (exact) mass is 883 g/mol. The number of aryl methyl sites for hydroxylation is 1. The Morgan fingerprint density at radius 1 is 1.11 bits per heavy atom. The Morgan fingerprint density at radius 3 is 2.57 bits per heavy atom. The van der Waals surface area contributed by atoms with Crippen molar-refractivity contribution in [2.45, 2.75) is 110 Å². The van der Waals surface area contributed by atoms with Crippen LogP contribution in [0.4, 0.5) is 4.79 Å². The first-order chi connectivity index (χ1) is 30.0. The molecule has 0 aliphatic carbocycles. The van der Waals surface area contributed by atoms with Gasteiger partial charge in [-0.2, -0.15) is 0 Å². The van der Waals surface area contributed by atoms with Gasteiger partial charge in [0.25, 0.3) is 5.91 Å². The van der Waals surface area contributed by atoms with E-state index in [1.807, 2.05) is 51.2 Å². The molecule has 5 atom stereocenters. The molecule has 3 aliphatic rings. The second-order valence-electron chi connectivity index (χ2n) is 18.8. The van der Waals surface area contributed by atoms with Gasteiger partial charge in [0.05, 0.1) is 34.8 Å². The number of methoxy groups -OCH3 is 1. The summed E-state index contributed by atoms with van der Waals surface area (Å²) in [6.07, 6.45) is 4.21. The number of cyclic esters (lactones) is 1. The van der Waals surface area contributed by atoms with Crippen LogP contribution >= 0.6 is 11.3 Å². The summed E-state index contributed by atoms with van der Waals surface area (Å²) in [5.41, 5.74) is 9.40. The first-order valence-corrected chi connectivity index (χ1v) is 23.2. The fourth-order valence-electron chi connectivity index (χ4n) is 9.37. The highest BCUT2D eigenvalue weighted by atomic mass is 32.1. The number of likely N-dealkylation sites (N-methyl/N-ethyl adjacent to an activating group) is 2. The van der Waals surface area contributed by atoms with Crippen molar-refractivity contribution in [2.75, 3.05) is 54.5 Å². The largest absolute Gasteiger partial charge is 0.464 e. The van der Waals surface area contributed by atoms with Crippen LogP contribution in [0.25, 0.3) is 33.4 Å². The number of ether oxygens (including phenoxy) is 2. The summed E-state index contributed by atoms with van der Waals surface area (Å²) >= 11 is 1.43. The average molecular weight is 884 g/mol. The number of aromatic nitrogens is 3. The average Bonchev–Trinajstić information content (AvgIpc) is 3.84. The molecule has 15 nitrogen and oxygen atoms in total. The van der Waals surface area contributed by atoms with E-state index < -0.39 is 35.4 Å². The lowest BCUT2D eigenvalue weighted by atomic mass is 9.84. The predicted octanol–water partition coefficient (Wildman–Crippen LogP) is 5.91. The Kier molecular flexibility index (Phi) is 13.9. The number of rotatable bonds is 10.